The zero-order chi connectivity index (χ0) is 32.9. The average molecular weight is 632 g/mol. The molecule has 10 rings (SSSR count). The van der Waals surface area contributed by atoms with E-state index in [2.05, 4.69) is 193 Å². The normalized spacial score (nSPS) is 17.1. The number of allylic oxidation sites excluding steroid dienone is 2. The highest BCUT2D eigenvalue weighted by Crippen LogP contribution is 2.49. The van der Waals surface area contributed by atoms with Crippen LogP contribution in [0.25, 0.3) is 55.0 Å². The molecule has 3 heterocycles. The average Bonchev–Trinajstić information content (AvgIpc) is 3.75. The number of aromatic nitrogens is 2. The molecule has 0 saturated carbocycles. The molecule has 236 valence electrons. The molecule has 0 fully saturated rings. The minimum absolute atomic E-state index is 0.0460. The number of hydrogen-bond donors (Lipinski definition) is 0. The Hall–Kier alpha value is -5.80. The van der Waals surface area contributed by atoms with Crippen molar-refractivity contribution in [2.24, 2.45) is 0 Å². The maximum absolute atomic E-state index is 2.54. The van der Waals surface area contributed by atoms with E-state index in [0.717, 1.165) is 0 Å². The Bertz CT molecular complexity index is 2650. The number of hydrogen-bond acceptors (Lipinski definition) is 1. The van der Waals surface area contributed by atoms with E-state index in [1.807, 2.05) is 0 Å². The number of benzene rings is 6. The van der Waals surface area contributed by atoms with Gasteiger partial charge in [-0.05, 0) is 89.3 Å². The number of nitrogens with zero attached hydrogens (tertiary/aromatic N) is 3. The van der Waals surface area contributed by atoms with Crippen molar-refractivity contribution in [2.75, 3.05) is 4.90 Å². The summed E-state index contributed by atoms with van der Waals surface area (Å²) in [6, 6.07) is 49.8. The maximum atomic E-state index is 2.54. The van der Waals surface area contributed by atoms with Gasteiger partial charge in [0.1, 0.15) is 0 Å². The van der Waals surface area contributed by atoms with Crippen molar-refractivity contribution in [2.45, 2.75) is 38.1 Å². The minimum Gasteiger partial charge on any atom is -0.333 e. The Balaban J connectivity index is 1.30. The van der Waals surface area contributed by atoms with E-state index in [1.54, 1.807) is 0 Å². The van der Waals surface area contributed by atoms with Crippen LogP contribution < -0.4 is 4.90 Å². The van der Waals surface area contributed by atoms with Crippen LogP contribution in [0.2, 0.25) is 0 Å². The van der Waals surface area contributed by atoms with Crippen molar-refractivity contribution in [3.8, 4) is 11.4 Å². The van der Waals surface area contributed by atoms with Crippen LogP contribution in [-0.4, -0.2) is 15.2 Å². The summed E-state index contributed by atoms with van der Waals surface area (Å²) in [4.78, 5) is 2.54. The topological polar surface area (TPSA) is 13.1 Å². The Morgan fingerprint density at radius 1 is 0.469 bits per heavy atom. The zero-order valence-corrected chi connectivity index (χ0v) is 28.0. The van der Waals surface area contributed by atoms with Crippen LogP contribution >= 0.6 is 0 Å². The summed E-state index contributed by atoms with van der Waals surface area (Å²) < 4.78 is 4.89. The van der Waals surface area contributed by atoms with Crippen molar-refractivity contribution >= 4 is 55.0 Å². The molecule has 0 bridgehead atoms. The van der Waals surface area contributed by atoms with Crippen LogP contribution in [0.15, 0.2) is 158 Å². The fourth-order valence-electron chi connectivity index (χ4n) is 8.44. The van der Waals surface area contributed by atoms with Gasteiger partial charge in [-0.2, -0.15) is 0 Å². The van der Waals surface area contributed by atoms with E-state index in [4.69, 9.17) is 0 Å². The number of anilines is 2. The van der Waals surface area contributed by atoms with Crippen LogP contribution in [0.5, 0.6) is 0 Å². The third kappa shape index (κ3) is 4.15. The Morgan fingerprint density at radius 3 is 1.71 bits per heavy atom. The standard InChI is InChI=1S/C46H37N3/c1-46(2,3)30-22-24-42-36(26-30)38-28-39-37-27-33(49-40-20-12-10-18-34(40)35-19-11-13-21-41(35)49)23-25-43(37)48(32-16-8-5-9-17-32)45(39)29-44(38)47(42)31-14-6-4-7-15-31/h4-29,34,40H,1-3H3. The van der Waals surface area contributed by atoms with Crippen molar-refractivity contribution in [1.82, 2.24) is 9.13 Å². The summed E-state index contributed by atoms with van der Waals surface area (Å²) in [6.45, 7) is 6.91. The van der Waals surface area contributed by atoms with Crippen LogP contribution in [0.4, 0.5) is 11.4 Å². The molecule has 0 N–H and O–H groups in total. The van der Waals surface area contributed by atoms with Crippen molar-refractivity contribution in [3.05, 3.63) is 169 Å². The van der Waals surface area contributed by atoms with Crippen molar-refractivity contribution < 1.29 is 0 Å². The highest BCUT2D eigenvalue weighted by Gasteiger charge is 2.37. The molecule has 2 atom stereocenters. The molecule has 3 nitrogen and oxygen atoms in total. The van der Waals surface area contributed by atoms with E-state index >= 15 is 0 Å². The van der Waals surface area contributed by atoms with Gasteiger partial charge in [-0.15, -0.1) is 0 Å². The first kappa shape index (κ1) is 28.2. The van der Waals surface area contributed by atoms with Gasteiger partial charge in [0.25, 0.3) is 0 Å². The first-order chi connectivity index (χ1) is 24.0. The lowest BCUT2D eigenvalue weighted by molar-refractivity contribution is 0.591. The second-order valence-corrected chi connectivity index (χ2v) is 14.6. The van der Waals surface area contributed by atoms with Gasteiger partial charge in [-0.25, -0.2) is 0 Å². The first-order valence-corrected chi connectivity index (χ1v) is 17.4. The molecule has 3 heteroatoms. The Labute approximate surface area is 286 Å². The lowest BCUT2D eigenvalue weighted by Gasteiger charge is -2.28. The van der Waals surface area contributed by atoms with E-state index < -0.39 is 0 Å². The summed E-state index contributed by atoms with van der Waals surface area (Å²) >= 11 is 0. The largest absolute Gasteiger partial charge is 0.333 e. The second-order valence-electron chi connectivity index (χ2n) is 14.6. The van der Waals surface area contributed by atoms with Crippen LogP contribution in [0, 0.1) is 0 Å². The van der Waals surface area contributed by atoms with Crippen LogP contribution in [0.3, 0.4) is 0 Å². The van der Waals surface area contributed by atoms with Gasteiger partial charge in [0.05, 0.1) is 28.1 Å². The van der Waals surface area contributed by atoms with Crippen LogP contribution in [0.1, 0.15) is 37.8 Å². The summed E-state index contributed by atoms with van der Waals surface area (Å²) in [7, 11) is 0. The smallest absolute Gasteiger partial charge is 0.0629 e. The quantitative estimate of drug-likeness (QED) is 0.189. The number of fused-ring (bicyclic) bond motifs is 9. The molecule has 49 heavy (non-hydrogen) atoms. The minimum atomic E-state index is 0.0460. The molecule has 0 amide bonds. The molecule has 2 unspecified atom stereocenters. The number of para-hydroxylation sites is 3. The van der Waals surface area contributed by atoms with E-state index in [0.29, 0.717) is 5.92 Å². The second kappa shape index (κ2) is 10.3. The Morgan fingerprint density at radius 2 is 1.04 bits per heavy atom. The lowest BCUT2D eigenvalue weighted by atomic mass is 9.86. The maximum Gasteiger partial charge on any atom is 0.0629 e. The van der Waals surface area contributed by atoms with Gasteiger partial charge in [0.15, 0.2) is 0 Å². The molecule has 6 aromatic carbocycles. The monoisotopic (exact) mass is 631 g/mol. The fraction of sp³-hybridized carbons (Fsp3) is 0.130. The van der Waals surface area contributed by atoms with Gasteiger partial charge < -0.3 is 14.0 Å². The molecule has 8 aromatic rings. The van der Waals surface area contributed by atoms with Gasteiger partial charge in [0, 0.05) is 50.2 Å². The predicted octanol–water partition coefficient (Wildman–Crippen LogP) is 11.9. The van der Waals surface area contributed by atoms with Gasteiger partial charge in [-0.1, -0.05) is 106 Å². The molecule has 1 aliphatic carbocycles. The number of rotatable bonds is 3. The van der Waals surface area contributed by atoms with Crippen molar-refractivity contribution in [1.29, 1.82) is 0 Å². The van der Waals surface area contributed by atoms with Gasteiger partial charge >= 0.3 is 0 Å². The Kier molecular flexibility index (Phi) is 5.96. The fourth-order valence-corrected chi connectivity index (χ4v) is 8.44. The van der Waals surface area contributed by atoms with Gasteiger partial charge in [0.2, 0.25) is 0 Å². The highest BCUT2D eigenvalue weighted by molar-refractivity contribution is 6.19. The molecule has 0 radical (unpaired) electrons. The lowest BCUT2D eigenvalue weighted by Crippen LogP contribution is -2.28. The highest BCUT2D eigenvalue weighted by atomic mass is 15.2. The summed E-state index contributed by atoms with van der Waals surface area (Å²) in [5, 5.41) is 5.11. The molecule has 2 aromatic heterocycles. The molecular formula is C46H37N3. The summed E-state index contributed by atoms with van der Waals surface area (Å²) in [5.74, 6) is 0.350. The molecule has 0 spiro atoms. The van der Waals surface area contributed by atoms with Gasteiger partial charge in [-0.3, -0.25) is 0 Å². The molecule has 1 aliphatic heterocycles. The summed E-state index contributed by atoms with van der Waals surface area (Å²) in [5.41, 5.74) is 12.5. The summed E-state index contributed by atoms with van der Waals surface area (Å²) in [6.07, 6.45) is 9.11. The molecular weight excluding hydrogens is 595 g/mol. The third-order valence-electron chi connectivity index (χ3n) is 10.8. The zero-order valence-electron chi connectivity index (χ0n) is 28.0. The first-order valence-electron chi connectivity index (χ1n) is 17.4. The van der Waals surface area contributed by atoms with E-state index in [-0.39, 0.29) is 11.5 Å². The molecule has 2 aliphatic rings. The predicted molar refractivity (Wildman–Crippen MR) is 207 cm³/mol. The van der Waals surface area contributed by atoms with Crippen LogP contribution in [-0.2, 0) is 5.41 Å². The molecule has 0 saturated heterocycles. The van der Waals surface area contributed by atoms with Crippen molar-refractivity contribution in [3.63, 3.8) is 0 Å². The van der Waals surface area contributed by atoms with E-state index in [1.165, 1.54) is 77.5 Å². The SMILES string of the molecule is CC(C)(C)c1ccc2c(c1)c1cc3c4cc(N5c6ccccc6C6C=CC=CC65)ccc4n(-c4ccccc4)c3cc1n2-c1ccccc1. The van der Waals surface area contributed by atoms with E-state index in [9.17, 15) is 0 Å². The third-order valence-corrected chi connectivity index (χ3v) is 10.8.